The molecule has 0 aliphatic heterocycles. The SMILES string of the molecule is C[C@@H](NCc1ccc(Br)c([N+](=O)[O-])c1)c1ccccc1. The molecule has 1 atom stereocenters. The Hall–Kier alpha value is -1.72. The van der Waals surface area contributed by atoms with E-state index in [4.69, 9.17) is 0 Å². The molecular formula is C15H15BrN2O2. The van der Waals surface area contributed by atoms with Gasteiger partial charge in [0.1, 0.15) is 0 Å². The highest BCUT2D eigenvalue weighted by Gasteiger charge is 2.12. The van der Waals surface area contributed by atoms with Gasteiger partial charge < -0.3 is 5.32 Å². The summed E-state index contributed by atoms with van der Waals surface area (Å²) in [5.41, 5.74) is 2.18. The van der Waals surface area contributed by atoms with E-state index in [1.54, 1.807) is 12.1 Å². The minimum atomic E-state index is -0.381. The summed E-state index contributed by atoms with van der Waals surface area (Å²) in [6.45, 7) is 2.66. The second-order valence-corrected chi connectivity index (χ2v) is 5.41. The Morgan fingerprint density at radius 1 is 1.25 bits per heavy atom. The number of benzene rings is 2. The molecule has 0 heterocycles. The first-order valence-corrected chi connectivity index (χ1v) is 7.08. The van der Waals surface area contributed by atoms with Crippen LogP contribution in [-0.2, 0) is 6.54 Å². The number of nitrogens with one attached hydrogen (secondary N) is 1. The Morgan fingerprint density at radius 3 is 2.60 bits per heavy atom. The standard InChI is InChI=1S/C15H15BrN2O2/c1-11(13-5-3-2-4-6-13)17-10-12-7-8-14(16)15(9-12)18(19)20/h2-9,11,17H,10H2,1H3/t11-/m1/s1. The van der Waals surface area contributed by atoms with Gasteiger partial charge in [0.25, 0.3) is 5.69 Å². The molecule has 0 amide bonds. The van der Waals surface area contributed by atoms with Gasteiger partial charge in [0.15, 0.2) is 0 Å². The predicted octanol–water partition coefficient (Wildman–Crippen LogP) is 4.21. The predicted molar refractivity (Wildman–Crippen MR) is 82.5 cm³/mol. The van der Waals surface area contributed by atoms with Gasteiger partial charge in [-0.15, -0.1) is 0 Å². The Labute approximate surface area is 126 Å². The number of nitro groups is 1. The van der Waals surface area contributed by atoms with Crippen LogP contribution in [0.1, 0.15) is 24.1 Å². The number of hydrogen-bond acceptors (Lipinski definition) is 3. The Kier molecular flexibility index (Phi) is 4.87. The molecule has 0 saturated heterocycles. The third-order valence-electron chi connectivity index (χ3n) is 3.12. The third kappa shape index (κ3) is 3.65. The summed E-state index contributed by atoms with van der Waals surface area (Å²) >= 11 is 3.19. The molecular weight excluding hydrogens is 320 g/mol. The van der Waals surface area contributed by atoms with E-state index in [1.807, 2.05) is 24.3 Å². The number of nitrogens with zero attached hydrogens (tertiary/aromatic N) is 1. The minimum Gasteiger partial charge on any atom is -0.306 e. The highest BCUT2D eigenvalue weighted by Crippen LogP contribution is 2.25. The molecule has 20 heavy (non-hydrogen) atoms. The normalized spacial score (nSPS) is 12.1. The molecule has 0 radical (unpaired) electrons. The van der Waals surface area contributed by atoms with E-state index < -0.39 is 0 Å². The fourth-order valence-electron chi connectivity index (χ4n) is 1.94. The third-order valence-corrected chi connectivity index (χ3v) is 3.79. The van der Waals surface area contributed by atoms with Crippen molar-refractivity contribution in [2.24, 2.45) is 0 Å². The number of halogens is 1. The zero-order chi connectivity index (χ0) is 14.5. The van der Waals surface area contributed by atoms with E-state index in [2.05, 4.69) is 40.3 Å². The highest BCUT2D eigenvalue weighted by atomic mass is 79.9. The van der Waals surface area contributed by atoms with E-state index in [0.717, 1.165) is 5.56 Å². The average Bonchev–Trinajstić information content (AvgIpc) is 2.46. The van der Waals surface area contributed by atoms with Crippen molar-refractivity contribution >= 4 is 21.6 Å². The molecule has 0 aromatic heterocycles. The Balaban J connectivity index is 2.04. The first-order chi connectivity index (χ1) is 9.58. The summed E-state index contributed by atoms with van der Waals surface area (Å²) < 4.78 is 0.502. The molecule has 104 valence electrons. The maximum Gasteiger partial charge on any atom is 0.283 e. The van der Waals surface area contributed by atoms with Crippen molar-refractivity contribution < 1.29 is 4.92 Å². The molecule has 0 spiro atoms. The van der Waals surface area contributed by atoms with Crippen LogP contribution in [0, 0.1) is 10.1 Å². The zero-order valence-electron chi connectivity index (χ0n) is 11.0. The van der Waals surface area contributed by atoms with E-state index in [1.165, 1.54) is 5.56 Å². The van der Waals surface area contributed by atoms with Crippen molar-refractivity contribution in [2.75, 3.05) is 0 Å². The molecule has 5 heteroatoms. The number of rotatable bonds is 5. The van der Waals surface area contributed by atoms with Crippen LogP contribution in [0.5, 0.6) is 0 Å². The fourth-order valence-corrected chi connectivity index (χ4v) is 2.33. The lowest BCUT2D eigenvalue weighted by atomic mass is 10.1. The second kappa shape index (κ2) is 6.63. The molecule has 0 fully saturated rings. The van der Waals surface area contributed by atoms with Gasteiger partial charge in [-0.1, -0.05) is 36.4 Å². The summed E-state index contributed by atoms with van der Waals surface area (Å²) in [6, 6.07) is 15.5. The fraction of sp³-hybridized carbons (Fsp3) is 0.200. The van der Waals surface area contributed by atoms with Crippen molar-refractivity contribution in [1.82, 2.24) is 5.32 Å². The van der Waals surface area contributed by atoms with Crippen LogP contribution in [0.4, 0.5) is 5.69 Å². The first kappa shape index (κ1) is 14.7. The van der Waals surface area contributed by atoms with Crippen LogP contribution in [0.2, 0.25) is 0 Å². The Bertz CT molecular complexity index is 602. The number of nitro benzene ring substituents is 1. The molecule has 1 N–H and O–H groups in total. The topological polar surface area (TPSA) is 55.2 Å². The van der Waals surface area contributed by atoms with Crippen LogP contribution in [-0.4, -0.2) is 4.92 Å². The summed E-state index contributed by atoms with van der Waals surface area (Å²) in [5, 5.41) is 14.3. The van der Waals surface area contributed by atoms with Crippen LogP contribution in [0.3, 0.4) is 0 Å². The van der Waals surface area contributed by atoms with Crippen molar-refractivity contribution in [3.05, 3.63) is 74.2 Å². The molecule has 2 aromatic rings. The molecule has 0 unspecified atom stereocenters. The van der Waals surface area contributed by atoms with Crippen molar-refractivity contribution in [3.8, 4) is 0 Å². The van der Waals surface area contributed by atoms with Crippen LogP contribution >= 0.6 is 15.9 Å². The smallest absolute Gasteiger partial charge is 0.283 e. The maximum absolute atomic E-state index is 10.9. The lowest BCUT2D eigenvalue weighted by Gasteiger charge is -2.14. The van der Waals surface area contributed by atoms with Crippen molar-refractivity contribution in [3.63, 3.8) is 0 Å². The lowest BCUT2D eigenvalue weighted by molar-refractivity contribution is -0.385. The summed E-state index contributed by atoms with van der Waals surface area (Å²) in [5.74, 6) is 0. The molecule has 2 rings (SSSR count). The van der Waals surface area contributed by atoms with Gasteiger partial charge in [-0.05, 0) is 40.0 Å². The molecule has 0 aliphatic carbocycles. The molecule has 0 saturated carbocycles. The average molecular weight is 335 g/mol. The highest BCUT2D eigenvalue weighted by molar-refractivity contribution is 9.10. The monoisotopic (exact) mass is 334 g/mol. The minimum absolute atomic E-state index is 0.0941. The van der Waals surface area contributed by atoms with Crippen LogP contribution < -0.4 is 5.32 Å². The summed E-state index contributed by atoms with van der Waals surface area (Å²) in [4.78, 5) is 10.5. The van der Waals surface area contributed by atoms with Crippen LogP contribution in [0.15, 0.2) is 53.0 Å². The largest absolute Gasteiger partial charge is 0.306 e. The van der Waals surface area contributed by atoms with Gasteiger partial charge in [-0.25, -0.2) is 0 Å². The lowest BCUT2D eigenvalue weighted by Crippen LogP contribution is -2.18. The molecule has 2 aromatic carbocycles. The zero-order valence-corrected chi connectivity index (χ0v) is 12.6. The van der Waals surface area contributed by atoms with E-state index in [0.29, 0.717) is 11.0 Å². The van der Waals surface area contributed by atoms with Gasteiger partial charge in [0.05, 0.1) is 9.40 Å². The first-order valence-electron chi connectivity index (χ1n) is 6.29. The molecule has 0 aliphatic rings. The van der Waals surface area contributed by atoms with Gasteiger partial charge in [0, 0.05) is 18.7 Å². The van der Waals surface area contributed by atoms with Gasteiger partial charge in [0.2, 0.25) is 0 Å². The van der Waals surface area contributed by atoms with E-state index in [-0.39, 0.29) is 16.7 Å². The van der Waals surface area contributed by atoms with E-state index in [9.17, 15) is 10.1 Å². The summed E-state index contributed by atoms with van der Waals surface area (Å²) in [6.07, 6.45) is 0. The van der Waals surface area contributed by atoms with Gasteiger partial charge in [-0.2, -0.15) is 0 Å². The number of hydrogen-bond donors (Lipinski definition) is 1. The summed E-state index contributed by atoms with van der Waals surface area (Å²) in [7, 11) is 0. The van der Waals surface area contributed by atoms with Gasteiger partial charge >= 0.3 is 0 Å². The molecule has 0 bridgehead atoms. The second-order valence-electron chi connectivity index (χ2n) is 4.56. The molecule has 4 nitrogen and oxygen atoms in total. The van der Waals surface area contributed by atoms with Crippen LogP contribution in [0.25, 0.3) is 0 Å². The van der Waals surface area contributed by atoms with E-state index >= 15 is 0 Å². The quantitative estimate of drug-likeness (QED) is 0.658. The maximum atomic E-state index is 10.9. The van der Waals surface area contributed by atoms with Crippen molar-refractivity contribution in [1.29, 1.82) is 0 Å². The van der Waals surface area contributed by atoms with Gasteiger partial charge in [-0.3, -0.25) is 10.1 Å². The Morgan fingerprint density at radius 2 is 1.95 bits per heavy atom. The van der Waals surface area contributed by atoms with Crippen molar-refractivity contribution in [2.45, 2.75) is 19.5 Å².